The van der Waals surface area contributed by atoms with Crippen molar-refractivity contribution < 1.29 is 9.84 Å². The van der Waals surface area contributed by atoms with E-state index in [1.54, 1.807) is 20.1 Å². The summed E-state index contributed by atoms with van der Waals surface area (Å²) >= 11 is 0. The first-order chi connectivity index (χ1) is 7.61. The lowest BCUT2D eigenvalue weighted by atomic mass is 10.2. The van der Waals surface area contributed by atoms with Crippen LogP contribution < -0.4 is 10.5 Å². The zero-order valence-electron chi connectivity index (χ0n) is 9.14. The van der Waals surface area contributed by atoms with E-state index in [0.717, 1.165) is 5.52 Å². The molecule has 0 saturated heterocycles. The molecular formula is C10H14N4O2. The summed E-state index contributed by atoms with van der Waals surface area (Å²) in [6.45, 7) is 1.62. The molecule has 0 fully saturated rings. The van der Waals surface area contributed by atoms with Crippen LogP contribution in [0.25, 0.3) is 11.2 Å². The lowest BCUT2D eigenvalue weighted by molar-refractivity contribution is 0.161. The molecule has 2 aromatic rings. The number of ether oxygens (including phenoxy) is 1. The van der Waals surface area contributed by atoms with Crippen LogP contribution >= 0.6 is 0 Å². The molecule has 16 heavy (non-hydrogen) atoms. The fraction of sp³-hybridized carbons (Fsp3) is 0.400. The molecular weight excluding hydrogens is 208 g/mol. The van der Waals surface area contributed by atoms with Crippen LogP contribution in [0.1, 0.15) is 18.8 Å². The summed E-state index contributed by atoms with van der Waals surface area (Å²) in [5, 5.41) is 9.37. The Morgan fingerprint density at radius 2 is 2.19 bits per heavy atom. The van der Waals surface area contributed by atoms with Crippen LogP contribution in [0.2, 0.25) is 0 Å². The van der Waals surface area contributed by atoms with E-state index in [2.05, 4.69) is 15.0 Å². The van der Waals surface area contributed by atoms with Crippen molar-refractivity contribution >= 4 is 11.2 Å². The minimum Gasteiger partial charge on any atom is -0.481 e. The zero-order chi connectivity index (χ0) is 11.7. The van der Waals surface area contributed by atoms with Crippen LogP contribution in [0.5, 0.6) is 5.88 Å². The predicted molar refractivity (Wildman–Crippen MR) is 59.0 cm³/mol. The van der Waals surface area contributed by atoms with E-state index in [4.69, 9.17) is 10.5 Å². The number of aliphatic hydroxyl groups is 1. The third kappa shape index (κ3) is 1.84. The van der Waals surface area contributed by atoms with Crippen molar-refractivity contribution in [1.82, 2.24) is 15.0 Å². The van der Waals surface area contributed by atoms with Gasteiger partial charge in [-0.3, -0.25) is 0 Å². The number of rotatable bonds is 3. The van der Waals surface area contributed by atoms with Gasteiger partial charge in [0.05, 0.1) is 24.8 Å². The number of aliphatic hydroxyl groups excluding tert-OH is 1. The number of hydrogen-bond donors (Lipinski definition) is 3. The lowest BCUT2D eigenvalue weighted by Crippen LogP contribution is -2.24. The van der Waals surface area contributed by atoms with E-state index in [0.29, 0.717) is 17.4 Å². The van der Waals surface area contributed by atoms with Gasteiger partial charge in [0.25, 0.3) is 0 Å². The number of nitrogens with two attached hydrogens (primary N) is 1. The maximum Gasteiger partial charge on any atom is 0.215 e. The molecule has 0 radical (unpaired) electrons. The Kier molecular flexibility index (Phi) is 2.76. The number of fused-ring (bicyclic) bond motifs is 1. The van der Waals surface area contributed by atoms with Gasteiger partial charge in [-0.2, -0.15) is 4.98 Å². The van der Waals surface area contributed by atoms with Gasteiger partial charge in [-0.1, -0.05) is 0 Å². The van der Waals surface area contributed by atoms with Crippen molar-refractivity contribution in [3.8, 4) is 5.88 Å². The fourth-order valence-electron chi connectivity index (χ4n) is 1.39. The lowest BCUT2D eigenvalue weighted by Gasteiger charge is -2.10. The minimum absolute atomic E-state index is 0.496. The summed E-state index contributed by atoms with van der Waals surface area (Å²) in [4.78, 5) is 11.4. The predicted octanol–water partition coefficient (Wildman–Crippen LogP) is 0.347. The summed E-state index contributed by atoms with van der Waals surface area (Å²) in [6, 6.07) is 3.00. The SMILES string of the molecule is COc1ccc2[nH]c(C(N)C(C)O)nc2n1. The number of nitrogens with one attached hydrogen (secondary N) is 1. The standard InChI is InChI=1S/C10H14N4O2/c1-5(15)8(11)10-12-6-3-4-7(16-2)13-9(6)14-10/h3-5,8,15H,11H2,1-2H3,(H,12,13,14). The van der Waals surface area contributed by atoms with E-state index in [-0.39, 0.29) is 0 Å². The van der Waals surface area contributed by atoms with Gasteiger partial charge in [0, 0.05) is 6.07 Å². The van der Waals surface area contributed by atoms with E-state index >= 15 is 0 Å². The quantitative estimate of drug-likeness (QED) is 0.696. The highest BCUT2D eigenvalue weighted by atomic mass is 16.5. The summed E-state index contributed by atoms with van der Waals surface area (Å²) < 4.78 is 4.99. The summed E-state index contributed by atoms with van der Waals surface area (Å²) in [6.07, 6.45) is -0.664. The second-order valence-corrected chi connectivity index (χ2v) is 3.61. The van der Waals surface area contributed by atoms with E-state index in [1.807, 2.05) is 6.07 Å². The van der Waals surface area contributed by atoms with Gasteiger partial charge >= 0.3 is 0 Å². The average molecular weight is 222 g/mol. The van der Waals surface area contributed by atoms with Crippen LogP contribution in [0.3, 0.4) is 0 Å². The summed E-state index contributed by atoms with van der Waals surface area (Å²) in [5.41, 5.74) is 7.07. The van der Waals surface area contributed by atoms with Crippen LogP contribution in [-0.2, 0) is 0 Å². The number of nitrogens with zero attached hydrogens (tertiary/aromatic N) is 2. The highest BCUT2D eigenvalue weighted by Gasteiger charge is 2.16. The molecule has 0 aromatic carbocycles. The first-order valence-corrected chi connectivity index (χ1v) is 4.96. The second kappa shape index (κ2) is 4.07. The average Bonchev–Trinajstić information content (AvgIpc) is 2.69. The monoisotopic (exact) mass is 222 g/mol. The largest absolute Gasteiger partial charge is 0.481 e. The van der Waals surface area contributed by atoms with Crippen molar-refractivity contribution in [2.45, 2.75) is 19.1 Å². The molecule has 2 rings (SSSR count). The molecule has 0 aliphatic heterocycles. The number of aromatic amines is 1. The number of hydrogen-bond acceptors (Lipinski definition) is 5. The Morgan fingerprint density at radius 1 is 1.44 bits per heavy atom. The highest BCUT2D eigenvalue weighted by Crippen LogP contribution is 2.18. The maximum atomic E-state index is 9.37. The summed E-state index contributed by atoms with van der Waals surface area (Å²) in [5.74, 6) is 1.02. The van der Waals surface area contributed by atoms with Crippen LogP contribution in [0.15, 0.2) is 12.1 Å². The molecule has 2 aromatic heterocycles. The van der Waals surface area contributed by atoms with Crippen molar-refractivity contribution in [2.75, 3.05) is 7.11 Å². The fourth-order valence-corrected chi connectivity index (χ4v) is 1.39. The van der Waals surface area contributed by atoms with Crippen molar-refractivity contribution in [1.29, 1.82) is 0 Å². The maximum absolute atomic E-state index is 9.37. The Balaban J connectivity index is 2.43. The Hall–Kier alpha value is -1.66. The molecule has 0 spiro atoms. The van der Waals surface area contributed by atoms with Crippen molar-refractivity contribution in [3.05, 3.63) is 18.0 Å². The van der Waals surface area contributed by atoms with Gasteiger partial charge in [-0.15, -0.1) is 0 Å². The number of pyridine rings is 1. The minimum atomic E-state index is -0.664. The molecule has 2 atom stereocenters. The van der Waals surface area contributed by atoms with E-state index in [1.165, 1.54) is 0 Å². The van der Waals surface area contributed by atoms with Crippen LogP contribution in [-0.4, -0.2) is 33.3 Å². The van der Waals surface area contributed by atoms with Gasteiger partial charge in [0.15, 0.2) is 5.65 Å². The van der Waals surface area contributed by atoms with E-state index in [9.17, 15) is 5.11 Å². The normalized spacial score (nSPS) is 15.0. The number of H-pyrrole nitrogens is 1. The van der Waals surface area contributed by atoms with Crippen LogP contribution in [0, 0.1) is 0 Å². The zero-order valence-corrected chi connectivity index (χ0v) is 9.14. The molecule has 86 valence electrons. The van der Waals surface area contributed by atoms with Crippen molar-refractivity contribution in [3.63, 3.8) is 0 Å². The molecule has 0 aliphatic carbocycles. The topological polar surface area (TPSA) is 97.0 Å². The molecule has 0 amide bonds. The third-order valence-electron chi connectivity index (χ3n) is 2.38. The Morgan fingerprint density at radius 3 is 2.81 bits per heavy atom. The van der Waals surface area contributed by atoms with Gasteiger partial charge < -0.3 is 20.6 Å². The molecule has 0 saturated carbocycles. The molecule has 2 unspecified atom stereocenters. The smallest absolute Gasteiger partial charge is 0.215 e. The van der Waals surface area contributed by atoms with Gasteiger partial charge in [0.1, 0.15) is 5.82 Å². The number of aromatic nitrogens is 3. The second-order valence-electron chi connectivity index (χ2n) is 3.61. The Bertz CT molecular complexity index is 495. The molecule has 6 heteroatoms. The molecule has 2 heterocycles. The first kappa shape index (κ1) is 10.8. The molecule has 0 bridgehead atoms. The molecule has 0 aliphatic rings. The number of methoxy groups -OCH3 is 1. The first-order valence-electron chi connectivity index (χ1n) is 4.96. The van der Waals surface area contributed by atoms with Gasteiger partial charge in [0.2, 0.25) is 5.88 Å². The van der Waals surface area contributed by atoms with Crippen LogP contribution in [0.4, 0.5) is 0 Å². The Labute approximate surface area is 92.5 Å². The van der Waals surface area contributed by atoms with Crippen molar-refractivity contribution in [2.24, 2.45) is 5.73 Å². The third-order valence-corrected chi connectivity index (χ3v) is 2.38. The highest BCUT2D eigenvalue weighted by molar-refractivity contribution is 5.71. The van der Waals surface area contributed by atoms with Gasteiger partial charge in [-0.25, -0.2) is 4.98 Å². The van der Waals surface area contributed by atoms with E-state index < -0.39 is 12.1 Å². The molecule has 6 nitrogen and oxygen atoms in total. The summed E-state index contributed by atoms with van der Waals surface area (Å²) in [7, 11) is 1.54. The number of imidazole rings is 1. The van der Waals surface area contributed by atoms with Gasteiger partial charge in [-0.05, 0) is 13.0 Å². The molecule has 4 N–H and O–H groups in total.